The van der Waals surface area contributed by atoms with Gasteiger partial charge in [0.15, 0.2) is 0 Å². The van der Waals surface area contributed by atoms with E-state index in [0.29, 0.717) is 0 Å². The maximum atomic E-state index is 14.1. The second-order valence-electron chi connectivity index (χ2n) is 8.09. The molecule has 0 saturated carbocycles. The van der Waals surface area contributed by atoms with Crippen LogP contribution in [0.5, 0.6) is 0 Å². The molecule has 2 fully saturated rings. The SMILES string of the molecule is O=C(OCC1c2ccccc2-c2ccccc21)N1C2COCC1CC(F)(F)C(=O)C2. The third kappa shape index (κ3) is 3.08. The number of Topliss-reactive ketones (excluding diaryl/α,β-unsaturated/α-hetero) is 1. The van der Waals surface area contributed by atoms with Crippen LogP contribution in [0.4, 0.5) is 13.6 Å². The zero-order chi connectivity index (χ0) is 20.9. The lowest BCUT2D eigenvalue weighted by atomic mass is 9.98. The van der Waals surface area contributed by atoms with Crippen LogP contribution in [0.15, 0.2) is 48.5 Å². The monoisotopic (exact) mass is 413 g/mol. The summed E-state index contributed by atoms with van der Waals surface area (Å²) >= 11 is 0. The molecule has 2 unspecified atom stereocenters. The fourth-order valence-corrected chi connectivity index (χ4v) is 4.85. The van der Waals surface area contributed by atoms with Gasteiger partial charge in [0, 0.05) is 18.8 Å². The van der Waals surface area contributed by atoms with Crippen molar-refractivity contribution in [3.8, 4) is 11.1 Å². The van der Waals surface area contributed by atoms with Crippen LogP contribution in [0.2, 0.25) is 0 Å². The molecule has 0 aromatic heterocycles. The van der Waals surface area contributed by atoms with Crippen molar-refractivity contribution in [1.82, 2.24) is 4.90 Å². The number of hydrogen-bond acceptors (Lipinski definition) is 4. The van der Waals surface area contributed by atoms with Crippen molar-refractivity contribution in [2.24, 2.45) is 0 Å². The number of amides is 1. The Labute approximate surface area is 172 Å². The summed E-state index contributed by atoms with van der Waals surface area (Å²) in [7, 11) is 0. The molecule has 1 amide bonds. The summed E-state index contributed by atoms with van der Waals surface area (Å²) in [5.74, 6) is -4.71. The van der Waals surface area contributed by atoms with E-state index in [1.165, 1.54) is 4.90 Å². The van der Waals surface area contributed by atoms with Gasteiger partial charge in [-0.15, -0.1) is 0 Å². The summed E-state index contributed by atoms with van der Waals surface area (Å²) in [4.78, 5) is 26.2. The first-order valence-electron chi connectivity index (χ1n) is 10.1. The largest absolute Gasteiger partial charge is 0.448 e. The smallest absolute Gasteiger partial charge is 0.410 e. The van der Waals surface area contributed by atoms with Crippen molar-refractivity contribution in [2.75, 3.05) is 19.8 Å². The van der Waals surface area contributed by atoms with Gasteiger partial charge in [-0.05, 0) is 22.3 Å². The van der Waals surface area contributed by atoms with Crippen LogP contribution in [0.3, 0.4) is 0 Å². The maximum absolute atomic E-state index is 14.1. The lowest BCUT2D eigenvalue weighted by molar-refractivity contribution is -0.143. The van der Waals surface area contributed by atoms with Gasteiger partial charge in [-0.1, -0.05) is 48.5 Å². The number of halogens is 2. The molecule has 156 valence electrons. The quantitative estimate of drug-likeness (QED) is 0.747. The van der Waals surface area contributed by atoms with Gasteiger partial charge < -0.3 is 9.47 Å². The first-order chi connectivity index (χ1) is 14.5. The second-order valence-corrected chi connectivity index (χ2v) is 8.09. The van der Waals surface area contributed by atoms with Crippen LogP contribution in [0.25, 0.3) is 11.1 Å². The summed E-state index contributed by atoms with van der Waals surface area (Å²) in [6.45, 7) is 0.139. The first-order valence-corrected chi connectivity index (χ1v) is 10.1. The van der Waals surface area contributed by atoms with Gasteiger partial charge in [0.25, 0.3) is 0 Å². The molecule has 0 N–H and O–H groups in total. The van der Waals surface area contributed by atoms with Gasteiger partial charge >= 0.3 is 12.0 Å². The molecule has 2 aliphatic heterocycles. The van der Waals surface area contributed by atoms with E-state index in [9.17, 15) is 18.4 Å². The average molecular weight is 413 g/mol. The van der Waals surface area contributed by atoms with Gasteiger partial charge in [0.2, 0.25) is 5.78 Å². The molecule has 2 heterocycles. The van der Waals surface area contributed by atoms with Gasteiger partial charge in [0.05, 0.1) is 25.3 Å². The van der Waals surface area contributed by atoms with E-state index >= 15 is 0 Å². The summed E-state index contributed by atoms with van der Waals surface area (Å²) in [6, 6.07) is 14.4. The van der Waals surface area contributed by atoms with E-state index in [4.69, 9.17) is 9.47 Å². The highest BCUT2D eigenvalue weighted by Crippen LogP contribution is 2.44. The number of rotatable bonds is 2. The zero-order valence-electron chi connectivity index (χ0n) is 16.2. The number of ether oxygens (including phenoxy) is 2. The number of alkyl halides is 2. The van der Waals surface area contributed by atoms with Crippen LogP contribution in [-0.4, -0.2) is 54.6 Å². The third-order valence-corrected chi connectivity index (χ3v) is 6.28. The zero-order valence-corrected chi connectivity index (χ0v) is 16.2. The molecule has 5 nitrogen and oxygen atoms in total. The van der Waals surface area contributed by atoms with E-state index < -0.39 is 42.7 Å². The Morgan fingerprint density at radius 3 is 2.30 bits per heavy atom. The standard InChI is InChI=1S/C23H21F2NO4/c24-23(25)10-15-12-29-11-14(9-21(23)27)26(15)22(28)30-13-20-18-7-3-1-5-16(18)17-6-2-4-8-19(17)20/h1-8,14-15,20H,9-13H2. The lowest BCUT2D eigenvalue weighted by Crippen LogP contribution is -2.54. The number of benzene rings is 2. The molecule has 0 radical (unpaired) electrons. The van der Waals surface area contributed by atoms with Crippen molar-refractivity contribution in [3.05, 3.63) is 59.7 Å². The molecule has 1 aliphatic carbocycles. The Bertz CT molecular complexity index is 963. The molecule has 2 bridgehead atoms. The average Bonchev–Trinajstić information content (AvgIpc) is 3.03. The Morgan fingerprint density at radius 2 is 1.63 bits per heavy atom. The first kappa shape index (κ1) is 19.2. The molecular weight excluding hydrogens is 392 g/mol. The normalized spacial score (nSPS) is 24.7. The Morgan fingerprint density at radius 1 is 1.03 bits per heavy atom. The lowest BCUT2D eigenvalue weighted by Gasteiger charge is -2.39. The molecule has 5 rings (SSSR count). The van der Waals surface area contributed by atoms with Gasteiger partial charge in [-0.25, -0.2) is 4.79 Å². The molecule has 30 heavy (non-hydrogen) atoms. The minimum atomic E-state index is -3.45. The molecule has 2 aromatic rings. The predicted molar refractivity (Wildman–Crippen MR) is 104 cm³/mol. The van der Waals surface area contributed by atoms with Crippen molar-refractivity contribution in [1.29, 1.82) is 0 Å². The van der Waals surface area contributed by atoms with Crippen LogP contribution in [-0.2, 0) is 14.3 Å². The van der Waals surface area contributed by atoms with Crippen LogP contribution in [0, 0.1) is 0 Å². The van der Waals surface area contributed by atoms with E-state index in [1.54, 1.807) is 0 Å². The molecule has 2 atom stereocenters. The van der Waals surface area contributed by atoms with E-state index in [2.05, 4.69) is 0 Å². The van der Waals surface area contributed by atoms with Crippen LogP contribution in [0.1, 0.15) is 29.9 Å². The highest BCUT2D eigenvalue weighted by molar-refractivity contribution is 5.87. The Kier molecular flexibility index (Phi) is 4.58. The van der Waals surface area contributed by atoms with Gasteiger partial charge in [0.1, 0.15) is 6.61 Å². The number of fused-ring (bicyclic) bond motifs is 5. The third-order valence-electron chi connectivity index (χ3n) is 6.28. The van der Waals surface area contributed by atoms with Crippen molar-refractivity contribution in [2.45, 2.75) is 36.8 Å². The summed E-state index contributed by atoms with van der Waals surface area (Å²) in [5, 5.41) is 0. The molecule has 0 spiro atoms. The number of morpholine rings is 1. The Hall–Kier alpha value is -2.80. The van der Waals surface area contributed by atoms with Crippen LogP contribution < -0.4 is 0 Å². The van der Waals surface area contributed by atoms with Gasteiger partial charge in [-0.3, -0.25) is 9.69 Å². The number of carbonyl (C=O) groups is 2. The fraction of sp³-hybridized carbons (Fsp3) is 0.391. The highest BCUT2D eigenvalue weighted by atomic mass is 19.3. The number of hydrogen-bond donors (Lipinski definition) is 0. The summed E-state index contributed by atoms with van der Waals surface area (Å²) < 4.78 is 39.2. The minimum Gasteiger partial charge on any atom is -0.448 e. The number of carbonyl (C=O) groups excluding carboxylic acids is 2. The summed E-state index contributed by atoms with van der Waals surface area (Å²) in [6.07, 6.45) is -1.82. The predicted octanol–water partition coefficient (Wildman–Crippen LogP) is 4.00. The molecule has 2 saturated heterocycles. The fourth-order valence-electron chi connectivity index (χ4n) is 4.85. The number of ketones is 1. The second kappa shape index (κ2) is 7.16. The topological polar surface area (TPSA) is 55.8 Å². The minimum absolute atomic E-state index is 0.0242. The molecule has 2 aromatic carbocycles. The van der Waals surface area contributed by atoms with E-state index in [0.717, 1.165) is 22.3 Å². The van der Waals surface area contributed by atoms with E-state index in [-0.39, 0.29) is 25.7 Å². The summed E-state index contributed by atoms with van der Waals surface area (Å²) in [5.41, 5.74) is 4.37. The highest BCUT2D eigenvalue weighted by Gasteiger charge is 2.51. The molecule has 3 aliphatic rings. The number of nitrogens with zero attached hydrogens (tertiary/aromatic N) is 1. The van der Waals surface area contributed by atoms with Gasteiger partial charge in [-0.2, -0.15) is 8.78 Å². The molecule has 7 heteroatoms. The molecular formula is C23H21F2NO4. The van der Waals surface area contributed by atoms with Crippen molar-refractivity contribution < 1.29 is 27.8 Å². The van der Waals surface area contributed by atoms with Crippen molar-refractivity contribution in [3.63, 3.8) is 0 Å². The Balaban J connectivity index is 1.37. The van der Waals surface area contributed by atoms with Crippen LogP contribution >= 0.6 is 0 Å². The maximum Gasteiger partial charge on any atom is 0.410 e. The van der Waals surface area contributed by atoms with Crippen molar-refractivity contribution >= 4 is 11.9 Å². The van der Waals surface area contributed by atoms with E-state index in [1.807, 2.05) is 48.5 Å².